The third-order valence-corrected chi connectivity index (χ3v) is 5.95. The van der Waals surface area contributed by atoms with Crippen molar-refractivity contribution in [2.24, 2.45) is 0 Å². The van der Waals surface area contributed by atoms with Gasteiger partial charge in [0.1, 0.15) is 0 Å². The Balaban J connectivity index is 1.66. The van der Waals surface area contributed by atoms with E-state index in [0.29, 0.717) is 5.75 Å². The lowest BCUT2D eigenvalue weighted by molar-refractivity contribution is 0.355. The van der Waals surface area contributed by atoms with E-state index in [1.54, 1.807) is 14.2 Å². The summed E-state index contributed by atoms with van der Waals surface area (Å²) in [6.45, 7) is 4.32. The van der Waals surface area contributed by atoms with Crippen molar-refractivity contribution in [2.75, 3.05) is 14.2 Å². The molecule has 0 saturated carbocycles. The fourth-order valence-corrected chi connectivity index (χ4v) is 4.32. The molecule has 2 nitrogen and oxygen atoms in total. The van der Waals surface area contributed by atoms with Gasteiger partial charge in [-0.2, -0.15) is 0 Å². The van der Waals surface area contributed by atoms with Crippen LogP contribution in [0.25, 0.3) is 5.57 Å². The van der Waals surface area contributed by atoms with Crippen LogP contribution < -0.4 is 9.47 Å². The number of rotatable bonds is 4. The van der Waals surface area contributed by atoms with Gasteiger partial charge in [-0.1, -0.05) is 48.7 Å². The number of ether oxygens (including phenoxy) is 2. The summed E-state index contributed by atoms with van der Waals surface area (Å²) in [6.07, 6.45) is 0.964. The predicted octanol–water partition coefficient (Wildman–Crippen LogP) is 5.82. The number of fused-ring (bicyclic) bond motifs is 2. The Labute approximate surface area is 158 Å². The average Bonchev–Trinajstić information content (AvgIpc) is 2.70. The van der Waals surface area contributed by atoms with E-state index in [2.05, 4.69) is 49.0 Å². The molecule has 4 rings (SSSR count). The Bertz CT molecular complexity index is 991. The highest BCUT2D eigenvalue weighted by Crippen LogP contribution is 2.41. The molecule has 0 atom stereocenters. The Kier molecular flexibility index (Phi) is 4.48. The van der Waals surface area contributed by atoms with Crippen LogP contribution >= 0.6 is 11.8 Å². The number of hydrogen-bond donors (Lipinski definition) is 0. The molecule has 0 spiro atoms. The number of methoxy groups -OCH3 is 2. The molecule has 0 amide bonds. The Hall–Kier alpha value is -2.65. The number of hydrogen-bond acceptors (Lipinski definition) is 3. The largest absolute Gasteiger partial charge is 0.493 e. The molecule has 130 valence electrons. The summed E-state index contributed by atoms with van der Waals surface area (Å²) in [5.74, 6) is 1.44. The zero-order chi connectivity index (χ0) is 18.1. The van der Waals surface area contributed by atoms with Gasteiger partial charge >= 0.3 is 0 Å². The van der Waals surface area contributed by atoms with E-state index < -0.39 is 0 Å². The van der Waals surface area contributed by atoms with E-state index in [4.69, 9.17) is 9.47 Å². The molecule has 0 N–H and O–H groups in total. The van der Waals surface area contributed by atoms with Crippen LogP contribution in [0.5, 0.6) is 11.5 Å². The molecule has 0 bridgehead atoms. The maximum absolute atomic E-state index is 5.42. The fourth-order valence-electron chi connectivity index (χ4n) is 3.27. The first-order valence-corrected chi connectivity index (χ1v) is 9.31. The third kappa shape index (κ3) is 2.99. The molecule has 0 saturated heterocycles. The van der Waals surface area contributed by atoms with E-state index in [1.165, 1.54) is 20.9 Å². The monoisotopic (exact) mass is 360 g/mol. The van der Waals surface area contributed by atoms with Crippen molar-refractivity contribution < 1.29 is 9.47 Å². The molecule has 26 heavy (non-hydrogen) atoms. The van der Waals surface area contributed by atoms with E-state index in [0.717, 1.165) is 28.9 Å². The first-order chi connectivity index (χ1) is 12.7. The lowest BCUT2D eigenvalue weighted by Gasteiger charge is -2.20. The van der Waals surface area contributed by atoms with Crippen LogP contribution in [0.4, 0.5) is 0 Å². The molecule has 0 unspecified atom stereocenters. The molecule has 0 aliphatic carbocycles. The lowest BCUT2D eigenvalue weighted by Crippen LogP contribution is -2.00. The van der Waals surface area contributed by atoms with Crippen LogP contribution in [0.2, 0.25) is 0 Å². The average molecular weight is 360 g/mol. The summed E-state index contributed by atoms with van der Waals surface area (Å²) in [7, 11) is 3.29. The van der Waals surface area contributed by atoms with Crippen molar-refractivity contribution in [1.29, 1.82) is 0 Å². The minimum atomic E-state index is 0.716. The normalized spacial score (nSPS) is 12.1. The van der Waals surface area contributed by atoms with Gasteiger partial charge in [0.05, 0.1) is 14.2 Å². The fraction of sp³-hybridized carbons (Fsp3) is 0.130. The van der Waals surface area contributed by atoms with E-state index in [9.17, 15) is 0 Å². The van der Waals surface area contributed by atoms with Crippen LogP contribution in [-0.4, -0.2) is 14.2 Å². The Morgan fingerprint density at radius 1 is 0.808 bits per heavy atom. The highest BCUT2D eigenvalue weighted by molar-refractivity contribution is 7.99. The minimum Gasteiger partial charge on any atom is -0.493 e. The van der Waals surface area contributed by atoms with Gasteiger partial charge in [0.25, 0.3) is 0 Å². The zero-order valence-corrected chi connectivity index (χ0v) is 15.7. The standard InChI is InChI=1S/C23H20O2S/c1-15(17-8-10-20(24-2)21(14-17)25-3)16-9-11-23-19(12-16)13-18-6-4-5-7-22(18)26-23/h4-12,14H,1,13H2,2-3H3. The second-order valence-corrected chi connectivity index (χ2v) is 7.34. The predicted molar refractivity (Wildman–Crippen MR) is 107 cm³/mol. The molecule has 3 aromatic rings. The first kappa shape index (κ1) is 16.8. The molecule has 3 heteroatoms. The molecule has 1 aliphatic rings. The van der Waals surface area contributed by atoms with E-state index >= 15 is 0 Å². The van der Waals surface area contributed by atoms with Crippen LogP contribution in [0.15, 0.2) is 77.0 Å². The Morgan fingerprint density at radius 3 is 2.31 bits per heavy atom. The topological polar surface area (TPSA) is 18.5 Å². The van der Waals surface area contributed by atoms with Crippen molar-refractivity contribution in [2.45, 2.75) is 16.2 Å². The third-order valence-electron chi connectivity index (χ3n) is 4.71. The molecule has 3 aromatic carbocycles. The van der Waals surface area contributed by atoms with Crippen LogP contribution in [-0.2, 0) is 6.42 Å². The van der Waals surface area contributed by atoms with Crippen LogP contribution in [0.1, 0.15) is 22.3 Å². The second-order valence-electron chi connectivity index (χ2n) is 6.26. The van der Waals surface area contributed by atoms with Gasteiger partial charge in [-0.15, -0.1) is 0 Å². The summed E-state index contributed by atoms with van der Waals surface area (Å²) >= 11 is 1.84. The highest BCUT2D eigenvalue weighted by Gasteiger charge is 2.17. The summed E-state index contributed by atoms with van der Waals surface area (Å²) in [6, 6.07) is 21.1. The maximum Gasteiger partial charge on any atom is 0.161 e. The summed E-state index contributed by atoms with van der Waals surface area (Å²) in [4.78, 5) is 2.68. The lowest BCUT2D eigenvalue weighted by atomic mass is 9.95. The molecule has 1 heterocycles. The molecule has 0 aromatic heterocycles. The van der Waals surface area contributed by atoms with E-state index in [1.807, 2.05) is 30.0 Å². The van der Waals surface area contributed by atoms with Gasteiger partial charge in [-0.3, -0.25) is 0 Å². The van der Waals surface area contributed by atoms with Gasteiger partial charge in [-0.05, 0) is 64.6 Å². The van der Waals surface area contributed by atoms with Gasteiger partial charge in [0.2, 0.25) is 0 Å². The van der Waals surface area contributed by atoms with Gasteiger partial charge < -0.3 is 9.47 Å². The van der Waals surface area contributed by atoms with Crippen LogP contribution in [0.3, 0.4) is 0 Å². The van der Waals surface area contributed by atoms with E-state index in [-0.39, 0.29) is 0 Å². The number of benzene rings is 3. The van der Waals surface area contributed by atoms with Gasteiger partial charge in [0, 0.05) is 9.79 Å². The van der Waals surface area contributed by atoms with Crippen molar-refractivity contribution in [3.05, 3.63) is 89.5 Å². The Morgan fingerprint density at radius 2 is 1.50 bits per heavy atom. The molecular weight excluding hydrogens is 340 g/mol. The highest BCUT2D eigenvalue weighted by atomic mass is 32.2. The van der Waals surface area contributed by atoms with Gasteiger partial charge in [-0.25, -0.2) is 0 Å². The summed E-state index contributed by atoms with van der Waals surface area (Å²) in [5.41, 5.74) is 5.90. The second kappa shape index (κ2) is 6.93. The maximum atomic E-state index is 5.42. The van der Waals surface area contributed by atoms with Crippen molar-refractivity contribution in [3.63, 3.8) is 0 Å². The SMILES string of the molecule is C=C(c1ccc2c(c1)Cc1ccccc1S2)c1ccc(OC)c(OC)c1. The van der Waals surface area contributed by atoms with Crippen molar-refractivity contribution >= 4 is 17.3 Å². The molecule has 1 aliphatic heterocycles. The first-order valence-electron chi connectivity index (χ1n) is 8.50. The zero-order valence-electron chi connectivity index (χ0n) is 14.9. The van der Waals surface area contributed by atoms with Gasteiger partial charge in [0.15, 0.2) is 11.5 Å². The van der Waals surface area contributed by atoms with Crippen LogP contribution in [0, 0.1) is 0 Å². The molecular formula is C23H20O2S. The quantitative estimate of drug-likeness (QED) is 0.457. The smallest absolute Gasteiger partial charge is 0.161 e. The summed E-state index contributed by atoms with van der Waals surface area (Å²) in [5, 5.41) is 0. The molecule has 0 radical (unpaired) electrons. The molecule has 0 fully saturated rings. The van der Waals surface area contributed by atoms with Crippen molar-refractivity contribution in [1.82, 2.24) is 0 Å². The minimum absolute atomic E-state index is 0.716. The summed E-state index contributed by atoms with van der Waals surface area (Å²) < 4.78 is 10.7. The van der Waals surface area contributed by atoms with Crippen molar-refractivity contribution in [3.8, 4) is 11.5 Å².